The van der Waals surface area contributed by atoms with Crippen LogP contribution in [0, 0.1) is 0 Å². The van der Waals surface area contributed by atoms with Crippen molar-refractivity contribution in [1.29, 1.82) is 0 Å². The van der Waals surface area contributed by atoms with Crippen LogP contribution in [-0.4, -0.2) is 18.6 Å². The molecule has 2 aromatic carbocycles. The van der Waals surface area contributed by atoms with Gasteiger partial charge in [0, 0.05) is 5.56 Å². The first-order chi connectivity index (χ1) is 10.7. The highest BCUT2D eigenvalue weighted by Crippen LogP contribution is 2.29. The fourth-order valence-corrected chi connectivity index (χ4v) is 1.87. The van der Waals surface area contributed by atoms with Crippen molar-refractivity contribution < 1.29 is 19.2 Å². The molecule has 0 aliphatic carbocycles. The summed E-state index contributed by atoms with van der Waals surface area (Å²) in [6.45, 7) is 0.154. The zero-order chi connectivity index (χ0) is 15.8. The number of amides is 1. The van der Waals surface area contributed by atoms with E-state index >= 15 is 0 Å². The summed E-state index contributed by atoms with van der Waals surface area (Å²) in [4.78, 5) is 26.0. The molecule has 0 radical (unpaired) electrons. The molecule has 2 aromatic rings. The van der Waals surface area contributed by atoms with Crippen molar-refractivity contribution in [1.82, 2.24) is 0 Å². The number of primary amides is 1. The fraction of sp³-hybridized carbons (Fsp3) is 0.0625. The highest BCUT2D eigenvalue weighted by Gasteiger charge is 2.20. The minimum Gasteiger partial charge on any atom is -0.457 e. The summed E-state index contributed by atoms with van der Waals surface area (Å²) in [5.41, 5.74) is 5.91. The average Bonchev–Trinajstić information content (AvgIpc) is 2.53. The van der Waals surface area contributed by atoms with Gasteiger partial charge in [-0.05, 0) is 18.2 Å². The van der Waals surface area contributed by atoms with E-state index in [1.165, 1.54) is 0 Å². The number of carbonyl (C=O) groups excluding carboxylic acids is 2. The Balaban J connectivity index is 2.32. The van der Waals surface area contributed by atoms with Crippen LogP contribution in [0.4, 0.5) is 0 Å². The molecule has 0 fully saturated rings. The minimum absolute atomic E-state index is 0.154. The van der Waals surface area contributed by atoms with Gasteiger partial charge < -0.3 is 15.3 Å². The monoisotopic (exact) mass is 298 g/mol. The Morgan fingerprint density at radius 3 is 2.45 bits per heavy atom. The Hall–Kier alpha value is -3.15. The highest BCUT2D eigenvalue weighted by atomic mass is 16.7. The van der Waals surface area contributed by atoms with Gasteiger partial charge in [0.15, 0.2) is 0 Å². The number of carbonyl (C=O) groups is 2. The maximum atomic E-state index is 11.6. The van der Waals surface area contributed by atoms with Gasteiger partial charge in [0.25, 0.3) is 0 Å². The van der Waals surface area contributed by atoms with Crippen LogP contribution in [-0.2, 0) is 14.4 Å². The van der Waals surface area contributed by atoms with Crippen molar-refractivity contribution in [2.24, 2.45) is 10.9 Å². The number of benzene rings is 2. The Morgan fingerprint density at radius 2 is 1.77 bits per heavy atom. The Morgan fingerprint density at radius 1 is 1.09 bits per heavy atom. The van der Waals surface area contributed by atoms with Crippen LogP contribution < -0.4 is 10.5 Å². The minimum atomic E-state index is -0.875. The van der Waals surface area contributed by atoms with Crippen molar-refractivity contribution in [3.63, 3.8) is 0 Å². The number of ether oxygens (including phenoxy) is 1. The third-order valence-corrected chi connectivity index (χ3v) is 2.85. The molecule has 0 aliphatic heterocycles. The van der Waals surface area contributed by atoms with E-state index in [1.54, 1.807) is 36.4 Å². The topological polar surface area (TPSA) is 91.0 Å². The number of nitrogens with zero attached hydrogens (tertiary/aromatic N) is 1. The van der Waals surface area contributed by atoms with E-state index in [2.05, 4.69) is 9.99 Å². The maximum Gasteiger partial charge on any atom is 0.323 e. The van der Waals surface area contributed by atoms with Gasteiger partial charge in [0.2, 0.25) is 5.91 Å². The summed E-state index contributed by atoms with van der Waals surface area (Å²) in [6, 6.07) is 16.1. The lowest BCUT2D eigenvalue weighted by Gasteiger charge is -2.14. The van der Waals surface area contributed by atoms with E-state index in [1.807, 2.05) is 18.2 Å². The molecule has 6 heteroatoms. The molecular weight excluding hydrogens is 284 g/mol. The summed E-state index contributed by atoms with van der Waals surface area (Å²) >= 11 is 0. The molecule has 2 rings (SSSR count). The largest absolute Gasteiger partial charge is 0.457 e. The van der Waals surface area contributed by atoms with Crippen molar-refractivity contribution in [2.45, 2.75) is 5.92 Å². The van der Waals surface area contributed by atoms with Gasteiger partial charge >= 0.3 is 6.47 Å². The van der Waals surface area contributed by atoms with Crippen molar-refractivity contribution >= 4 is 18.6 Å². The quantitative estimate of drug-likeness (QED) is 0.367. The van der Waals surface area contributed by atoms with E-state index in [0.717, 1.165) is 6.21 Å². The van der Waals surface area contributed by atoms with Gasteiger partial charge in [-0.25, -0.2) is 0 Å². The van der Waals surface area contributed by atoms with Crippen LogP contribution in [0.15, 0.2) is 59.8 Å². The lowest BCUT2D eigenvalue weighted by Crippen LogP contribution is -2.23. The second kappa shape index (κ2) is 7.58. The molecule has 0 aromatic heterocycles. The lowest BCUT2D eigenvalue weighted by molar-refractivity contribution is -0.128. The van der Waals surface area contributed by atoms with E-state index < -0.39 is 11.8 Å². The molecule has 0 bridgehead atoms. The highest BCUT2D eigenvalue weighted by molar-refractivity contribution is 5.98. The van der Waals surface area contributed by atoms with Crippen LogP contribution >= 0.6 is 0 Å². The predicted molar refractivity (Wildman–Crippen MR) is 80.5 cm³/mol. The lowest BCUT2D eigenvalue weighted by atomic mass is 9.99. The van der Waals surface area contributed by atoms with Crippen LogP contribution in [0.5, 0.6) is 11.5 Å². The van der Waals surface area contributed by atoms with Crippen LogP contribution in [0.3, 0.4) is 0 Å². The molecule has 6 nitrogen and oxygen atoms in total. The molecule has 2 N–H and O–H groups in total. The summed E-state index contributed by atoms with van der Waals surface area (Å²) in [5.74, 6) is -0.420. The number of hydrogen-bond donors (Lipinski definition) is 1. The fourth-order valence-electron chi connectivity index (χ4n) is 1.87. The number of rotatable bonds is 7. The number of hydrogen-bond acceptors (Lipinski definition) is 5. The molecular formula is C16H14N2O4. The second-order valence-electron chi connectivity index (χ2n) is 4.29. The molecule has 1 amide bonds. The van der Waals surface area contributed by atoms with Crippen molar-refractivity contribution in [3.8, 4) is 11.5 Å². The molecule has 0 aliphatic rings. The van der Waals surface area contributed by atoms with Crippen molar-refractivity contribution in [2.75, 3.05) is 0 Å². The van der Waals surface area contributed by atoms with Gasteiger partial charge in [-0.2, -0.15) is 0 Å². The van der Waals surface area contributed by atoms with E-state index in [-0.39, 0.29) is 6.47 Å². The third-order valence-electron chi connectivity index (χ3n) is 2.85. The van der Waals surface area contributed by atoms with Crippen LogP contribution in [0.1, 0.15) is 11.5 Å². The SMILES string of the molecule is NC(=O)C(/C=N/OC=O)c1ccccc1Oc1ccccc1. The first-order valence-corrected chi connectivity index (χ1v) is 6.46. The Kier molecular flexibility index (Phi) is 5.25. The smallest absolute Gasteiger partial charge is 0.323 e. The van der Waals surface area contributed by atoms with Crippen LogP contribution in [0.2, 0.25) is 0 Å². The van der Waals surface area contributed by atoms with Gasteiger partial charge in [0.1, 0.15) is 17.4 Å². The average molecular weight is 298 g/mol. The number of nitrogens with two attached hydrogens (primary N) is 1. The summed E-state index contributed by atoms with van der Waals surface area (Å²) in [7, 11) is 0. The number of para-hydroxylation sites is 2. The summed E-state index contributed by atoms with van der Waals surface area (Å²) in [5, 5.41) is 3.39. The second-order valence-corrected chi connectivity index (χ2v) is 4.29. The Labute approximate surface area is 127 Å². The molecule has 0 spiro atoms. The first-order valence-electron chi connectivity index (χ1n) is 6.46. The molecule has 0 saturated carbocycles. The third kappa shape index (κ3) is 3.92. The predicted octanol–water partition coefficient (Wildman–Crippen LogP) is 2.21. The van der Waals surface area contributed by atoms with Crippen molar-refractivity contribution in [3.05, 3.63) is 60.2 Å². The van der Waals surface area contributed by atoms with Gasteiger partial charge in [-0.15, -0.1) is 0 Å². The molecule has 1 unspecified atom stereocenters. The standard InChI is InChI=1S/C16H14N2O4/c17-16(20)14(10-18-21-11-19)13-8-4-5-9-15(13)22-12-6-2-1-3-7-12/h1-11,14H,(H2,17,20)/b18-10+. The van der Waals surface area contributed by atoms with Gasteiger partial charge in [-0.1, -0.05) is 41.6 Å². The van der Waals surface area contributed by atoms with E-state index in [9.17, 15) is 9.59 Å². The molecule has 112 valence electrons. The summed E-state index contributed by atoms with van der Waals surface area (Å²) in [6.07, 6.45) is 1.16. The number of oxime groups is 1. The van der Waals surface area contributed by atoms with Crippen LogP contribution in [0.25, 0.3) is 0 Å². The van der Waals surface area contributed by atoms with E-state index in [4.69, 9.17) is 10.5 Å². The van der Waals surface area contributed by atoms with Gasteiger partial charge in [0.05, 0.1) is 6.21 Å². The molecule has 22 heavy (non-hydrogen) atoms. The molecule has 0 saturated heterocycles. The van der Waals surface area contributed by atoms with E-state index in [0.29, 0.717) is 17.1 Å². The molecule has 0 heterocycles. The van der Waals surface area contributed by atoms with Gasteiger partial charge in [-0.3, -0.25) is 9.59 Å². The maximum absolute atomic E-state index is 11.6. The summed E-state index contributed by atoms with van der Waals surface area (Å²) < 4.78 is 5.77. The zero-order valence-corrected chi connectivity index (χ0v) is 11.6. The normalized spacial score (nSPS) is 11.8. The molecule has 1 atom stereocenters. The first kappa shape index (κ1) is 15.2. The zero-order valence-electron chi connectivity index (χ0n) is 11.6. The Bertz CT molecular complexity index is 671.